The number of thioether (sulfide) groups is 2. The molecule has 1 fully saturated rings. The highest BCUT2D eigenvalue weighted by Gasteiger charge is 2.38. The van der Waals surface area contributed by atoms with Crippen LogP contribution in [0, 0.1) is 0 Å². The zero-order valence-corrected chi connectivity index (χ0v) is 19.1. The number of halogens is 2. The molecule has 2 aromatic carbocycles. The van der Waals surface area contributed by atoms with E-state index in [0.717, 1.165) is 28.5 Å². The number of benzene rings is 2. The first kappa shape index (κ1) is 20.7. The van der Waals surface area contributed by atoms with E-state index in [1.165, 1.54) is 11.8 Å². The molecule has 2 aliphatic heterocycles. The van der Waals surface area contributed by atoms with E-state index in [1.807, 2.05) is 25.2 Å². The van der Waals surface area contributed by atoms with Crippen molar-refractivity contribution in [3.63, 3.8) is 0 Å². The Bertz CT molecular complexity index is 1040. The Morgan fingerprint density at radius 2 is 1.86 bits per heavy atom. The molecule has 0 saturated carbocycles. The van der Waals surface area contributed by atoms with Gasteiger partial charge in [0.15, 0.2) is 5.17 Å². The zero-order chi connectivity index (χ0) is 20.5. The van der Waals surface area contributed by atoms with Crippen LogP contribution in [-0.2, 0) is 4.79 Å². The lowest BCUT2D eigenvalue weighted by molar-refractivity contribution is -0.122. The van der Waals surface area contributed by atoms with E-state index in [2.05, 4.69) is 24.0 Å². The number of rotatable bonds is 4. The molecule has 2 heterocycles. The number of carbonyl (C=O) groups excluding carboxylic acids is 1. The molecule has 150 valence electrons. The quantitative estimate of drug-likeness (QED) is 0.468. The summed E-state index contributed by atoms with van der Waals surface area (Å²) in [5.74, 6) is 0.00409. The van der Waals surface area contributed by atoms with Gasteiger partial charge in [-0.1, -0.05) is 60.4 Å². The summed E-state index contributed by atoms with van der Waals surface area (Å²) in [6.07, 6.45) is 1.92. The molecule has 0 aliphatic carbocycles. The fraction of sp³-hybridized carbons (Fsp3) is 0.238. The molecular formula is C21H19Cl2N3OS2. The number of unbranched alkanes of at least 4 members (excludes halogenated alkanes) is 1. The molecule has 1 amide bonds. The second-order valence-electron chi connectivity index (χ2n) is 6.67. The van der Waals surface area contributed by atoms with E-state index in [1.54, 1.807) is 28.8 Å². The van der Waals surface area contributed by atoms with Crippen LogP contribution in [0.3, 0.4) is 0 Å². The highest BCUT2D eigenvalue weighted by atomic mass is 35.5. The minimum absolute atomic E-state index is 0.00409. The van der Waals surface area contributed by atoms with Crippen LogP contribution in [0.1, 0.15) is 19.8 Å². The fourth-order valence-corrected chi connectivity index (χ4v) is 5.76. The maximum Gasteiger partial charge on any atom is 0.269 e. The molecule has 4 rings (SSSR count). The van der Waals surface area contributed by atoms with Crippen molar-refractivity contribution in [1.82, 2.24) is 4.90 Å². The zero-order valence-electron chi connectivity index (χ0n) is 16.0. The number of amidine groups is 1. The summed E-state index contributed by atoms with van der Waals surface area (Å²) in [4.78, 5) is 23.7. The van der Waals surface area contributed by atoms with Gasteiger partial charge in [0.1, 0.15) is 4.91 Å². The number of fused-ring (bicyclic) bond motifs is 1. The van der Waals surface area contributed by atoms with E-state index in [4.69, 9.17) is 28.2 Å². The van der Waals surface area contributed by atoms with Crippen molar-refractivity contribution in [3.8, 4) is 0 Å². The van der Waals surface area contributed by atoms with Gasteiger partial charge in [0.25, 0.3) is 5.91 Å². The highest BCUT2D eigenvalue weighted by Crippen LogP contribution is 2.50. The lowest BCUT2D eigenvalue weighted by atomic mass is 10.3. The van der Waals surface area contributed by atoms with Crippen molar-refractivity contribution in [2.45, 2.75) is 24.7 Å². The molecule has 1 saturated heterocycles. The maximum absolute atomic E-state index is 13.3. The summed E-state index contributed by atoms with van der Waals surface area (Å²) in [7, 11) is 2.00. The smallest absolute Gasteiger partial charge is 0.269 e. The van der Waals surface area contributed by atoms with Gasteiger partial charge in [0.2, 0.25) is 0 Å². The predicted octanol–water partition coefficient (Wildman–Crippen LogP) is 6.77. The van der Waals surface area contributed by atoms with Crippen molar-refractivity contribution < 1.29 is 4.79 Å². The molecule has 0 N–H and O–H groups in total. The minimum atomic E-state index is 0.00409. The highest BCUT2D eigenvalue weighted by molar-refractivity contribution is 8.19. The Hall–Kier alpha value is -1.60. The molecule has 2 aromatic rings. The number of anilines is 1. The molecule has 0 aromatic heterocycles. The van der Waals surface area contributed by atoms with Crippen LogP contribution >= 0.6 is 46.7 Å². The predicted molar refractivity (Wildman–Crippen MR) is 125 cm³/mol. The lowest BCUT2D eigenvalue weighted by Crippen LogP contribution is -2.30. The standard InChI is InChI=1S/C21H19Cl2N3OS2/c1-3-4-11-26-19(27)18(20-25(2)16-7-5-6-8-17(16)28-20)29-21(26)24-13-9-10-14(22)15(23)12-13/h5-10,12H,3-4,11H2,1-2H3/b20-18-,24-21?. The van der Waals surface area contributed by atoms with Crippen LogP contribution in [-0.4, -0.2) is 29.6 Å². The SMILES string of the molecule is CCCCN1C(=O)/C(=C2/Sc3ccccc3N2C)SC1=Nc1ccc(Cl)c(Cl)c1. The molecule has 29 heavy (non-hydrogen) atoms. The van der Waals surface area contributed by atoms with E-state index in [0.29, 0.717) is 32.4 Å². The van der Waals surface area contributed by atoms with Gasteiger partial charge in [-0.05, 0) is 48.5 Å². The Labute approximate surface area is 189 Å². The number of amides is 1. The van der Waals surface area contributed by atoms with Gasteiger partial charge >= 0.3 is 0 Å². The van der Waals surface area contributed by atoms with E-state index >= 15 is 0 Å². The second kappa shape index (κ2) is 8.64. The number of nitrogens with zero attached hydrogens (tertiary/aromatic N) is 3. The average Bonchev–Trinajstić information content (AvgIpc) is 3.20. The molecular weight excluding hydrogens is 445 g/mol. The summed E-state index contributed by atoms with van der Waals surface area (Å²) in [6, 6.07) is 13.4. The monoisotopic (exact) mass is 463 g/mol. The van der Waals surface area contributed by atoms with Gasteiger partial charge in [-0.3, -0.25) is 9.69 Å². The summed E-state index contributed by atoms with van der Waals surface area (Å²) >= 11 is 15.2. The molecule has 4 nitrogen and oxygen atoms in total. The number of hydrogen-bond acceptors (Lipinski definition) is 5. The van der Waals surface area contributed by atoms with Crippen LogP contribution in [0.15, 0.2) is 62.3 Å². The van der Waals surface area contributed by atoms with Crippen molar-refractivity contribution >= 4 is 69.2 Å². The topological polar surface area (TPSA) is 35.9 Å². The first-order valence-electron chi connectivity index (χ1n) is 9.28. The van der Waals surface area contributed by atoms with Crippen LogP contribution in [0.5, 0.6) is 0 Å². The second-order valence-corrected chi connectivity index (χ2v) is 9.49. The summed E-state index contributed by atoms with van der Waals surface area (Å²) in [6.45, 7) is 2.75. The van der Waals surface area contributed by atoms with Crippen molar-refractivity contribution in [3.05, 3.63) is 62.4 Å². The van der Waals surface area contributed by atoms with Gasteiger partial charge < -0.3 is 4.90 Å². The van der Waals surface area contributed by atoms with Crippen molar-refractivity contribution in [2.24, 2.45) is 4.99 Å². The van der Waals surface area contributed by atoms with Gasteiger partial charge in [0.05, 0.1) is 26.4 Å². The molecule has 2 aliphatic rings. The fourth-order valence-electron chi connectivity index (χ4n) is 3.10. The number of carbonyl (C=O) groups is 1. The van der Waals surface area contributed by atoms with Crippen LogP contribution < -0.4 is 4.90 Å². The third-order valence-electron chi connectivity index (χ3n) is 4.66. The Morgan fingerprint density at radius 3 is 2.59 bits per heavy atom. The van der Waals surface area contributed by atoms with E-state index in [-0.39, 0.29) is 5.91 Å². The minimum Gasteiger partial charge on any atom is -0.337 e. The normalized spacial score (nSPS) is 20.1. The summed E-state index contributed by atoms with van der Waals surface area (Å²) in [5.41, 5.74) is 1.79. The maximum atomic E-state index is 13.3. The van der Waals surface area contributed by atoms with Crippen LogP contribution in [0.2, 0.25) is 10.0 Å². The third kappa shape index (κ3) is 4.04. The average molecular weight is 464 g/mol. The molecule has 0 bridgehead atoms. The largest absolute Gasteiger partial charge is 0.337 e. The third-order valence-corrected chi connectivity index (χ3v) is 7.83. The van der Waals surface area contributed by atoms with Gasteiger partial charge in [0, 0.05) is 18.5 Å². The Kier molecular flexibility index (Phi) is 6.16. The molecule has 0 atom stereocenters. The Morgan fingerprint density at radius 1 is 1.07 bits per heavy atom. The van der Waals surface area contributed by atoms with E-state index in [9.17, 15) is 4.79 Å². The molecule has 0 radical (unpaired) electrons. The van der Waals surface area contributed by atoms with Gasteiger partial charge in [-0.25, -0.2) is 4.99 Å². The molecule has 0 spiro atoms. The lowest BCUT2D eigenvalue weighted by Gasteiger charge is -2.16. The van der Waals surface area contributed by atoms with Gasteiger partial charge in [-0.15, -0.1) is 0 Å². The summed E-state index contributed by atoms with van der Waals surface area (Å²) < 4.78 is 0. The number of para-hydroxylation sites is 1. The number of aliphatic imine (C=N–C) groups is 1. The van der Waals surface area contributed by atoms with Crippen LogP contribution in [0.4, 0.5) is 11.4 Å². The first-order valence-corrected chi connectivity index (χ1v) is 11.7. The van der Waals surface area contributed by atoms with Crippen molar-refractivity contribution in [1.29, 1.82) is 0 Å². The van der Waals surface area contributed by atoms with Crippen LogP contribution in [0.25, 0.3) is 0 Å². The van der Waals surface area contributed by atoms with Crippen molar-refractivity contribution in [2.75, 3.05) is 18.5 Å². The molecule has 8 heteroatoms. The molecule has 0 unspecified atom stereocenters. The Balaban J connectivity index is 1.72. The number of hydrogen-bond donors (Lipinski definition) is 0. The van der Waals surface area contributed by atoms with E-state index < -0.39 is 0 Å². The first-order chi connectivity index (χ1) is 14.0. The van der Waals surface area contributed by atoms with Gasteiger partial charge in [-0.2, -0.15) is 0 Å². The summed E-state index contributed by atoms with van der Waals surface area (Å²) in [5, 5.41) is 2.55.